The van der Waals surface area contributed by atoms with Crippen LogP contribution in [0.1, 0.15) is 57.7 Å². The largest absolute Gasteiger partial charge is 0.480 e. The Kier molecular flexibility index (Phi) is 4.72. The summed E-state index contributed by atoms with van der Waals surface area (Å²) < 4.78 is 0. The SMILES string of the molecule is CC1CCCN(C(C(=O)O)c2ccc(C(C)(C)C)cc2)C1. The van der Waals surface area contributed by atoms with E-state index in [0.29, 0.717) is 5.92 Å². The average Bonchev–Trinajstić information content (AvgIpc) is 2.38. The highest BCUT2D eigenvalue weighted by Crippen LogP contribution is 2.29. The summed E-state index contributed by atoms with van der Waals surface area (Å²) in [4.78, 5) is 13.9. The highest BCUT2D eigenvalue weighted by Gasteiger charge is 2.30. The van der Waals surface area contributed by atoms with E-state index in [-0.39, 0.29) is 5.41 Å². The number of benzene rings is 1. The van der Waals surface area contributed by atoms with Gasteiger partial charge in [-0.1, -0.05) is 52.0 Å². The van der Waals surface area contributed by atoms with Gasteiger partial charge in [-0.25, -0.2) is 0 Å². The van der Waals surface area contributed by atoms with E-state index < -0.39 is 12.0 Å². The van der Waals surface area contributed by atoms with Crippen molar-refractivity contribution in [1.82, 2.24) is 4.90 Å². The number of aliphatic carboxylic acids is 1. The summed E-state index contributed by atoms with van der Waals surface area (Å²) in [6.07, 6.45) is 2.29. The molecule has 0 saturated carbocycles. The Morgan fingerprint density at radius 3 is 2.38 bits per heavy atom. The van der Waals surface area contributed by atoms with Crippen molar-refractivity contribution in [2.75, 3.05) is 13.1 Å². The molecule has 1 saturated heterocycles. The minimum absolute atomic E-state index is 0.0941. The maximum Gasteiger partial charge on any atom is 0.325 e. The van der Waals surface area contributed by atoms with Crippen molar-refractivity contribution < 1.29 is 9.90 Å². The summed E-state index contributed by atoms with van der Waals surface area (Å²) in [6.45, 7) is 10.5. The molecule has 116 valence electrons. The molecule has 0 radical (unpaired) electrons. The molecule has 0 spiro atoms. The first-order valence-electron chi connectivity index (χ1n) is 7.86. The maximum atomic E-state index is 11.7. The van der Waals surface area contributed by atoms with Gasteiger partial charge in [0.2, 0.25) is 0 Å². The van der Waals surface area contributed by atoms with E-state index in [4.69, 9.17) is 0 Å². The molecular weight excluding hydrogens is 262 g/mol. The van der Waals surface area contributed by atoms with Gasteiger partial charge >= 0.3 is 5.97 Å². The molecule has 3 heteroatoms. The smallest absolute Gasteiger partial charge is 0.325 e. The van der Waals surface area contributed by atoms with Crippen molar-refractivity contribution in [2.24, 2.45) is 5.92 Å². The number of carboxylic acid groups (broad SMARTS) is 1. The molecule has 0 aromatic heterocycles. The van der Waals surface area contributed by atoms with Gasteiger partial charge in [0.15, 0.2) is 0 Å². The van der Waals surface area contributed by atoms with E-state index in [1.807, 2.05) is 12.1 Å². The quantitative estimate of drug-likeness (QED) is 0.919. The fraction of sp³-hybridized carbons (Fsp3) is 0.611. The Labute approximate surface area is 128 Å². The third-order valence-corrected chi connectivity index (χ3v) is 4.38. The summed E-state index contributed by atoms with van der Waals surface area (Å²) >= 11 is 0. The molecule has 0 amide bonds. The lowest BCUT2D eigenvalue weighted by molar-refractivity contribution is -0.144. The predicted molar refractivity (Wildman–Crippen MR) is 85.5 cm³/mol. The Morgan fingerprint density at radius 1 is 1.29 bits per heavy atom. The number of likely N-dealkylation sites (tertiary alicyclic amines) is 1. The third-order valence-electron chi connectivity index (χ3n) is 4.38. The van der Waals surface area contributed by atoms with Crippen LogP contribution in [0.25, 0.3) is 0 Å². The van der Waals surface area contributed by atoms with Crippen LogP contribution in [0.4, 0.5) is 0 Å². The third kappa shape index (κ3) is 3.85. The predicted octanol–water partition coefficient (Wildman–Crippen LogP) is 3.84. The van der Waals surface area contributed by atoms with E-state index in [2.05, 4.69) is 44.7 Å². The number of piperidine rings is 1. The summed E-state index contributed by atoms with van der Waals surface area (Å²) in [5.41, 5.74) is 2.23. The normalized spacial score (nSPS) is 22.0. The molecular formula is C18H27NO2. The van der Waals surface area contributed by atoms with Gasteiger partial charge in [-0.2, -0.15) is 0 Å². The lowest BCUT2D eigenvalue weighted by atomic mass is 9.86. The maximum absolute atomic E-state index is 11.7. The fourth-order valence-corrected chi connectivity index (χ4v) is 3.14. The van der Waals surface area contributed by atoms with Crippen molar-refractivity contribution in [2.45, 2.75) is 52.0 Å². The molecule has 1 fully saturated rings. The van der Waals surface area contributed by atoms with E-state index in [9.17, 15) is 9.90 Å². The minimum Gasteiger partial charge on any atom is -0.480 e. The van der Waals surface area contributed by atoms with E-state index in [0.717, 1.165) is 25.1 Å². The van der Waals surface area contributed by atoms with Gasteiger partial charge in [0.05, 0.1) is 0 Å². The van der Waals surface area contributed by atoms with Gasteiger partial charge in [-0.3, -0.25) is 9.69 Å². The highest BCUT2D eigenvalue weighted by molar-refractivity contribution is 5.75. The van der Waals surface area contributed by atoms with Crippen LogP contribution in [0.3, 0.4) is 0 Å². The molecule has 1 aliphatic heterocycles. The first-order valence-corrected chi connectivity index (χ1v) is 7.86. The molecule has 0 aliphatic carbocycles. The molecule has 1 aromatic rings. The first-order chi connectivity index (χ1) is 9.79. The van der Waals surface area contributed by atoms with E-state index in [1.54, 1.807) is 0 Å². The van der Waals surface area contributed by atoms with Crippen molar-refractivity contribution in [3.63, 3.8) is 0 Å². The zero-order valence-corrected chi connectivity index (χ0v) is 13.6. The van der Waals surface area contributed by atoms with Crippen LogP contribution in [-0.4, -0.2) is 29.1 Å². The number of hydrogen-bond acceptors (Lipinski definition) is 2. The van der Waals surface area contributed by atoms with Gasteiger partial charge in [0.1, 0.15) is 6.04 Å². The molecule has 0 bridgehead atoms. The van der Waals surface area contributed by atoms with Crippen molar-refractivity contribution in [3.8, 4) is 0 Å². The average molecular weight is 289 g/mol. The topological polar surface area (TPSA) is 40.5 Å². The number of nitrogens with zero attached hydrogens (tertiary/aromatic N) is 1. The summed E-state index contributed by atoms with van der Waals surface area (Å²) in [5.74, 6) is -0.165. The number of rotatable bonds is 3. The summed E-state index contributed by atoms with van der Waals surface area (Å²) in [7, 11) is 0. The zero-order chi connectivity index (χ0) is 15.6. The Morgan fingerprint density at radius 2 is 1.90 bits per heavy atom. The van der Waals surface area contributed by atoms with Crippen LogP contribution in [0.5, 0.6) is 0 Å². The van der Waals surface area contributed by atoms with Crippen LogP contribution in [0.2, 0.25) is 0 Å². The molecule has 2 rings (SSSR count). The van der Waals surface area contributed by atoms with Crippen LogP contribution in [0.15, 0.2) is 24.3 Å². The fourth-order valence-electron chi connectivity index (χ4n) is 3.14. The second-order valence-corrected chi connectivity index (χ2v) is 7.36. The Balaban J connectivity index is 2.24. The van der Waals surface area contributed by atoms with E-state index >= 15 is 0 Å². The molecule has 1 aliphatic rings. The van der Waals surface area contributed by atoms with Crippen LogP contribution in [0, 0.1) is 5.92 Å². The van der Waals surface area contributed by atoms with Crippen molar-refractivity contribution in [3.05, 3.63) is 35.4 Å². The van der Waals surface area contributed by atoms with Crippen molar-refractivity contribution in [1.29, 1.82) is 0 Å². The van der Waals surface area contributed by atoms with Gasteiger partial charge in [-0.15, -0.1) is 0 Å². The number of hydrogen-bond donors (Lipinski definition) is 1. The van der Waals surface area contributed by atoms with Crippen LogP contribution >= 0.6 is 0 Å². The van der Waals surface area contributed by atoms with Gasteiger partial charge in [0, 0.05) is 6.54 Å². The molecule has 1 aromatic carbocycles. The van der Waals surface area contributed by atoms with Crippen LogP contribution in [-0.2, 0) is 10.2 Å². The number of carboxylic acids is 1. The Bertz CT molecular complexity index is 487. The second-order valence-electron chi connectivity index (χ2n) is 7.36. The minimum atomic E-state index is -0.743. The van der Waals surface area contributed by atoms with Crippen molar-refractivity contribution >= 4 is 5.97 Å². The molecule has 1 N–H and O–H groups in total. The van der Waals surface area contributed by atoms with Gasteiger partial charge in [-0.05, 0) is 41.8 Å². The lowest BCUT2D eigenvalue weighted by Crippen LogP contribution is -2.40. The van der Waals surface area contributed by atoms with Gasteiger partial charge in [0.25, 0.3) is 0 Å². The van der Waals surface area contributed by atoms with Gasteiger partial charge < -0.3 is 5.11 Å². The summed E-state index contributed by atoms with van der Waals surface area (Å²) in [6, 6.07) is 7.59. The molecule has 21 heavy (non-hydrogen) atoms. The molecule has 1 heterocycles. The highest BCUT2D eigenvalue weighted by atomic mass is 16.4. The molecule has 2 atom stereocenters. The first kappa shape index (κ1) is 16.0. The molecule has 2 unspecified atom stereocenters. The second kappa shape index (κ2) is 6.18. The summed E-state index contributed by atoms with van der Waals surface area (Å²) in [5, 5.41) is 9.65. The lowest BCUT2D eigenvalue weighted by Gasteiger charge is -2.35. The molecule has 3 nitrogen and oxygen atoms in total. The number of carbonyl (C=O) groups is 1. The van der Waals surface area contributed by atoms with E-state index in [1.165, 1.54) is 12.0 Å². The zero-order valence-electron chi connectivity index (χ0n) is 13.6. The van der Waals surface area contributed by atoms with Crippen LogP contribution < -0.4 is 0 Å². The Hall–Kier alpha value is -1.35. The monoisotopic (exact) mass is 289 g/mol. The standard InChI is InChI=1S/C18H27NO2/c1-13-6-5-11-19(12-13)16(17(20)21)14-7-9-15(10-8-14)18(2,3)4/h7-10,13,16H,5-6,11-12H2,1-4H3,(H,20,21).